The molecule has 3 rings (SSSR count). The summed E-state index contributed by atoms with van der Waals surface area (Å²) in [4.78, 5) is 10.0. The molecule has 0 aliphatic carbocycles. The van der Waals surface area contributed by atoms with E-state index in [1.807, 2.05) is 12.4 Å². The lowest BCUT2D eigenvalue weighted by molar-refractivity contribution is 0.949. The molecule has 0 unspecified atom stereocenters. The lowest BCUT2D eigenvalue weighted by Crippen LogP contribution is -2.17. The molecule has 1 saturated heterocycles. The van der Waals surface area contributed by atoms with Gasteiger partial charge >= 0.3 is 0 Å². The van der Waals surface area contributed by atoms with Crippen molar-refractivity contribution in [2.75, 3.05) is 18.0 Å². The predicted molar refractivity (Wildman–Crippen MR) is 70.3 cm³/mol. The topological polar surface area (TPSA) is 31.9 Å². The van der Waals surface area contributed by atoms with Crippen LogP contribution in [0.1, 0.15) is 12.8 Å². The normalized spacial score (nSPS) is 16.5. The number of H-pyrrole nitrogens is 1. The summed E-state index contributed by atoms with van der Waals surface area (Å²) in [7, 11) is 0. The Hall–Kier alpha value is -0.780. The Kier molecular flexibility index (Phi) is 2.31. The summed E-state index contributed by atoms with van der Waals surface area (Å²) in [5.74, 6) is 0. The number of nitrogens with zero attached hydrogens (tertiary/aromatic N) is 2. The highest BCUT2D eigenvalue weighted by molar-refractivity contribution is 14.1. The lowest BCUT2D eigenvalue weighted by Gasteiger charge is -2.16. The minimum Gasteiger partial charge on any atom is -0.370 e. The van der Waals surface area contributed by atoms with Crippen molar-refractivity contribution in [2.24, 2.45) is 0 Å². The van der Waals surface area contributed by atoms with Gasteiger partial charge in [-0.3, -0.25) is 0 Å². The average molecular weight is 313 g/mol. The van der Waals surface area contributed by atoms with Crippen molar-refractivity contribution in [1.29, 1.82) is 0 Å². The van der Waals surface area contributed by atoms with Crippen LogP contribution in [-0.2, 0) is 0 Å². The van der Waals surface area contributed by atoms with Crippen LogP contribution in [0.4, 0.5) is 5.69 Å². The Morgan fingerprint density at radius 1 is 1.33 bits per heavy atom. The van der Waals surface area contributed by atoms with Crippen molar-refractivity contribution >= 4 is 39.3 Å². The molecule has 2 aromatic heterocycles. The second-order valence-electron chi connectivity index (χ2n) is 3.92. The summed E-state index contributed by atoms with van der Waals surface area (Å²) < 4.78 is 1.25. The van der Waals surface area contributed by atoms with E-state index in [-0.39, 0.29) is 0 Å². The fraction of sp³-hybridized carbons (Fsp3) is 0.364. The van der Waals surface area contributed by atoms with E-state index in [9.17, 15) is 0 Å². The molecule has 78 valence electrons. The first-order valence-corrected chi connectivity index (χ1v) is 6.30. The molecule has 0 amide bonds. The summed E-state index contributed by atoms with van der Waals surface area (Å²) in [6.07, 6.45) is 6.59. The fourth-order valence-electron chi connectivity index (χ4n) is 2.11. The molecule has 1 aliphatic heterocycles. The monoisotopic (exact) mass is 313 g/mol. The van der Waals surface area contributed by atoms with Crippen molar-refractivity contribution < 1.29 is 0 Å². The number of pyridine rings is 1. The molecule has 3 nitrogen and oxygen atoms in total. The summed E-state index contributed by atoms with van der Waals surface area (Å²) in [5.41, 5.74) is 2.25. The summed E-state index contributed by atoms with van der Waals surface area (Å²) >= 11 is 2.34. The summed E-state index contributed by atoms with van der Waals surface area (Å²) in [6, 6.07) is 2.24. The Bertz CT molecular complexity index is 486. The molecule has 3 heterocycles. The maximum atomic E-state index is 4.44. The van der Waals surface area contributed by atoms with Crippen LogP contribution in [0.5, 0.6) is 0 Å². The first-order valence-electron chi connectivity index (χ1n) is 5.22. The van der Waals surface area contributed by atoms with Gasteiger partial charge in [0.25, 0.3) is 0 Å². The molecule has 1 fully saturated rings. The molecule has 0 bridgehead atoms. The van der Waals surface area contributed by atoms with Gasteiger partial charge in [0.2, 0.25) is 0 Å². The fourth-order valence-corrected chi connectivity index (χ4v) is 2.68. The van der Waals surface area contributed by atoms with Crippen molar-refractivity contribution in [3.63, 3.8) is 0 Å². The highest BCUT2D eigenvalue weighted by atomic mass is 127. The third kappa shape index (κ3) is 1.60. The molecule has 0 spiro atoms. The van der Waals surface area contributed by atoms with Gasteiger partial charge < -0.3 is 9.88 Å². The van der Waals surface area contributed by atoms with Gasteiger partial charge in [-0.15, -0.1) is 0 Å². The molecule has 1 aliphatic rings. The minimum absolute atomic E-state index is 0.988. The van der Waals surface area contributed by atoms with Gasteiger partial charge in [-0.25, -0.2) is 4.98 Å². The number of aromatic amines is 1. The number of anilines is 1. The van der Waals surface area contributed by atoms with E-state index < -0.39 is 0 Å². The number of hydrogen-bond acceptors (Lipinski definition) is 2. The van der Waals surface area contributed by atoms with Crippen LogP contribution in [0.25, 0.3) is 11.0 Å². The molecule has 4 heteroatoms. The number of halogens is 1. The highest BCUT2D eigenvalue weighted by Crippen LogP contribution is 2.25. The molecule has 0 saturated carbocycles. The molecule has 1 N–H and O–H groups in total. The SMILES string of the molecule is Ic1c[nH]c2ncc(N3CCCC3)cc12. The van der Waals surface area contributed by atoms with Crippen molar-refractivity contribution in [3.05, 3.63) is 22.0 Å². The smallest absolute Gasteiger partial charge is 0.138 e. The zero-order valence-electron chi connectivity index (χ0n) is 8.33. The Labute approximate surface area is 102 Å². The minimum atomic E-state index is 0.988. The Morgan fingerprint density at radius 3 is 2.93 bits per heavy atom. The molecular formula is C11H12IN3. The average Bonchev–Trinajstić information content (AvgIpc) is 2.88. The van der Waals surface area contributed by atoms with Gasteiger partial charge in [0.15, 0.2) is 0 Å². The number of fused-ring (bicyclic) bond motifs is 1. The molecule has 15 heavy (non-hydrogen) atoms. The third-order valence-corrected chi connectivity index (χ3v) is 3.83. The van der Waals surface area contributed by atoms with Crippen molar-refractivity contribution in [3.8, 4) is 0 Å². The second kappa shape index (κ2) is 3.66. The first kappa shape index (κ1) is 9.45. The highest BCUT2D eigenvalue weighted by Gasteiger charge is 2.13. The number of aromatic nitrogens is 2. The molecule has 2 aromatic rings. The predicted octanol–water partition coefficient (Wildman–Crippen LogP) is 2.77. The first-order chi connectivity index (χ1) is 7.34. The maximum Gasteiger partial charge on any atom is 0.138 e. The summed E-state index contributed by atoms with van der Waals surface area (Å²) in [6.45, 7) is 2.35. The van der Waals surface area contributed by atoms with Crippen LogP contribution in [0.2, 0.25) is 0 Å². The zero-order chi connectivity index (χ0) is 10.3. The lowest BCUT2D eigenvalue weighted by atomic mass is 10.3. The van der Waals surface area contributed by atoms with Gasteiger partial charge in [0, 0.05) is 28.2 Å². The number of hydrogen-bond donors (Lipinski definition) is 1. The van der Waals surface area contributed by atoms with Gasteiger partial charge in [0.1, 0.15) is 5.65 Å². The molecule has 0 aromatic carbocycles. The van der Waals surface area contributed by atoms with Crippen LogP contribution in [-0.4, -0.2) is 23.1 Å². The standard InChI is InChI=1S/C11H12IN3/c12-10-7-14-11-9(10)5-8(6-13-11)15-3-1-2-4-15/h5-7H,1-4H2,(H,13,14). The van der Waals surface area contributed by atoms with E-state index in [4.69, 9.17) is 0 Å². The largest absolute Gasteiger partial charge is 0.370 e. The van der Waals surface area contributed by atoms with E-state index in [0.29, 0.717) is 0 Å². The van der Waals surface area contributed by atoms with Crippen LogP contribution < -0.4 is 4.90 Å². The van der Waals surface area contributed by atoms with E-state index in [0.717, 1.165) is 5.65 Å². The maximum absolute atomic E-state index is 4.44. The Morgan fingerprint density at radius 2 is 2.13 bits per heavy atom. The van der Waals surface area contributed by atoms with E-state index in [2.05, 4.69) is 43.5 Å². The molecular weight excluding hydrogens is 301 g/mol. The van der Waals surface area contributed by atoms with Gasteiger partial charge in [-0.1, -0.05) is 0 Å². The second-order valence-corrected chi connectivity index (χ2v) is 5.08. The van der Waals surface area contributed by atoms with Crippen LogP contribution in [0.3, 0.4) is 0 Å². The molecule has 0 radical (unpaired) electrons. The van der Waals surface area contributed by atoms with E-state index in [1.54, 1.807) is 0 Å². The molecule has 0 atom stereocenters. The van der Waals surface area contributed by atoms with Crippen LogP contribution >= 0.6 is 22.6 Å². The van der Waals surface area contributed by atoms with E-state index in [1.165, 1.54) is 40.6 Å². The van der Waals surface area contributed by atoms with Crippen molar-refractivity contribution in [1.82, 2.24) is 9.97 Å². The van der Waals surface area contributed by atoms with Gasteiger partial charge in [0.05, 0.1) is 11.9 Å². The van der Waals surface area contributed by atoms with Crippen molar-refractivity contribution in [2.45, 2.75) is 12.8 Å². The van der Waals surface area contributed by atoms with Crippen LogP contribution in [0.15, 0.2) is 18.5 Å². The Balaban J connectivity index is 2.08. The van der Waals surface area contributed by atoms with E-state index >= 15 is 0 Å². The van der Waals surface area contributed by atoms with Gasteiger partial charge in [-0.2, -0.15) is 0 Å². The number of nitrogens with one attached hydrogen (secondary N) is 1. The van der Waals surface area contributed by atoms with Gasteiger partial charge in [-0.05, 0) is 41.5 Å². The number of rotatable bonds is 1. The zero-order valence-corrected chi connectivity index (χ0v) is 10.5. The third-order valence-electron chi connectivity index (χ3n) is 2.94. The summed E-state index contributed by atoms with van der Waals surface area (Å²) in [5, 5.41) is 1.24. The van der Waals surface area contributed by atoms with Crippen LogP contribution in [0, 0.1) is 3.57 Å². The quantitative estimate of drug-likeness (QED) is 0.821.